The van der Waals surface area contributed by atoms with Crippen LogP contribution in [0, 0.1) is 6.92 Å². The minimum absolute atomic E-state index is 0.266. The number of amides is 2. The van der Waals surface area contributed by atoms with E-state index in [4.69, 9.17) is 0 Å². The van der Waals surface area contributed by atoms with Crippen LogP contribution in [-0.4, -0.2) is 42.9 Å². The SMILES string of the molecule is Cc1nc(-c2cccc(NC(=O)NC(CO)c3ncc[nH]3)c2)n[nH]1. The van der Waals surface area contributed by atoms with Crippen LogP contribution in [0.4, 0.5) is 10.5 Å². The number of anilines is 1. The smallest absolute Gasteiger partial charge is 0.319 e. The number of rotatable bonds is 5. The molecule has 0 aliphatic rings. The van der Waals surface area contributed by atoms with Crippen LogP contribution in [0.15, 0.2) is 36.7 Å². The fourth-order valence-electron chi connectivity index (χ4n) is 2.20. The highest BCUT2D eigenvalue weighted by Gasteiger charge is 2.16. The first-order chi connectivity index (χ1) is 11.7. The van der Waals surface area contributed by atoms with Crippen molar-refractivity contribution in [1.29, 1.82) is 0 Å². The van der Waals surface area contributed by atoms with Crippen molar-refractivity contribution in [2.45, 2.75) is 13.0 Å². The van der Waals surface area contributed by atoms with E-state index in [0.29, 0.717) is 23.2 Å². The summed E-state index contributed by atoms with van der Waals surface area (Å²) in [6.45, 7) is 1.55. The standard InChI is InChI=1S/C15H17N7O2/c1-9-18-13(22-21-9)10-3-2-4-11(7-10)19-15(24)20-12(8-23)14-16-5-6-17-14/h2-7,12,23H,8H2,1H3,(H,16,17)(H,18,21,22)(H2,19,20,24). The summed E-state index contributed by atoms with van der Waals surface area (Å²) in [4.78, 5) is 23.3. The van der Waals surface area contributed by atoms with Crippen molar-refractivity contribution in [1.82, 2.24) is 30.5 Å². The van der Waals surface area contributed by atoms with Gasteiger partial charge in [0.1, 0.15) is 17.7 Å². The molecule has 9 nitrogen and oxygen atoms in total. The predicted octanol–water partition coefficient (Wildman–Crippen LogP) is 1.36. The lowest BCUT2D eigenvalue weighted by molar-refractivity contribution is 0.222. The second-order valence-electron chi connectivity index (χ2n) is 5.13. The maximum Gasteiger partial charge on any atom is 0.319 e. The van der Waals surface area contributed by atoms with E-state index in [1.807, 2.05) is 13.0 Å². The normalized spacial score (nSPS) is 11.9. The first kappa shape index (κ1) is 15.7. The third-order valence-electron chi connectivity index (χ3n) is 3.31. The zero-order valence-corrected chi connectivity index (χ0v) is 12.9. The molecule has 0 radical (unpaired) electrons. The van der Waals surface area contributed by atoms with E-state index in [1.165, 1.54) is 0 Å². The van der Waals surface area contributed by atoms with Gasteiger partial charge >= 0.3 is 6.03 Å². The zero-order chi connectivity index (χ0) is 16.9. The molecule has 0 fully saturated rings. The number of carbonyl (C=O) groups is 1. The Bertz CT molecular complexity index is 813. The number of aliphatic hydroxyl groups is 1. The summed E-state index contributed by atoms with van der Waals surface area (Å²) >= 11 is 0. The van der Waals surface area contributed by atoms with Gasteiger partial charge in [-0.1, -0.05) is 12.1 Å². The Morgan fingerprint density at radius 3 is 2.96 bits per heavy atom. The number of aromatic nitrogens is 5. The second-order valence-corrected chi connectivity index (χ2v) is 5.13. The van der Waals surface area contributed by atoms with Crippen molar-refractivity contribution < 1.29 is 9.90 Å². The van der Waals surface area contributed by atoms with Crippen molar-refractivity contribution in [3.05, 3.63) is 48.3 Å². The number of aromatic amines is 2. The maximum atomic E-state index is 12.1. The van der Waals surface area contributed by atoms with E-state index in [9.17, 15) is 9.90 Å². The summed E-state index contributed by atoms with van der Waals surface area (Å²) in [6, 6.07) is 6.11. The molecule has 1 atom stereocenters. The number of aryl methyl sites for hydroxylation is 1. The number of urea groups is 1. The number of nitrogens with zero attached hydrogens (tertiary/aromatic N) is 3. The fourth-order valence-corrected chi connectivity index (χ4v) is 2.20. The predicted molar refractivity (Wildman–Crippen MR) is 87.1 cm³/mol. The molecule has 124 valence electrons. The Hall–Kier alpha value is -3.20. The Kier molecular flexibility index (Phi) is 4.52. The molecule has 9 heteroatoms. The van der Waals surface area contributed by atoms with Crippen LogP contribution in [0.5, 0.6) is 0 Å². The molecule has 0 spiro atoms. The second kappa shape index (κ2) is 6.92. The summed E-state index contributed by atoms with van der Waals surface area (Å²) in [5.41, 5.74) is 1.37. The third-order valence-corrected chi connectivity index (χ3v) is 3.31. The number of imidazole rings is 1. The average Bonchev–Trinajstić information content (AvgIpc) is 3.24. The molecule has 1 aromatic carbocycles. The first-order valence-corrected chi connectivity index (χ1v) is 7.33. The minimum Gasteiger partial charge on any atom is -0.394 e. The minimum atomic E-state index is -0.612. The molecule has 0 bridgehead atoms. The summed E-state index contributed by atoms with van der Waals surface area (Å²) in [5, 5.41) is 21.6. The highest BCUT2D eigenvalue weighted by atomic mass is 16.3. The van der Waals surface area contributed by atoms with Crippen LogP contribution >= 0.6 is 0 Å². The number of H-pyrrole nitrogens is 2. The number of carbonyl (C=O) groups excluding carboxylic acids is 1. The molecule has 3 rings (SSSR count). The van der Waals surface area contributed by atoms with Crippen LogP contribution in [-0.2, 0) is 0 Å². The summed E-state index contributed by atoms with van der Waals surface area (Å²) in [6.07, 6.45) is 3.18. The van der Waals surface area contributed by atoms with Crippen molar-refractivity contribution in [3.8, 4) is 11.4 Å². The lowest BCUT2D eigenvalue weighted by Crippen LogP contribution is -2.35. The van der Waals surface area contributed by atoms with E-state index in [1.54, 1.807) is 30.6 Å². The largest absolute Gasteiger partial charge is 0.394 e. The van der Waals surface area contributed by atoms with Gasteiger partial charge in [0.2, 0.25) is 0 Å². The Balaban J connectivity index is 1.68. The van der Waals surface area contributed by atoms with E-state index in [2.05, 4.69) is 35.8 Å². The van der Waals surface area contributed by atoms with Gasteiger partial charge in [-0.3, -0.25) is 5.10 Å². The molecule has 24 heavy (non-hydrogen) atoms. The molecule has 1 unspecified atom stereocenters. The molecule has 2 aromatic heterocycles. The highest BCUT2D eigenvalue weighted by molar-refractivity contribution is 5.90. The van der Waals surface area contributed by atoms with Gasteiger partial charge in [-0.15, -0.1) is 0 Å². The van der Waals surface area contributed by atoms with Crippen molar-refractivity contribution in [2.75, 3.05) is 11.9 Å². The monoisotopic (exact) mass is 327 g/mol. The van der Waals surface area contributed by atoms with E-state index in [0.717, 1.165) is 5.56 Å². The van der Waals surface area contributed by atoms with Crippen LogP contribution in [0.3, 0.4) is 0 Å². The number of hydrogen-bond donors (Lipinski definition) is 5. The molecular formula is C15H17N7O2. The van der Waals surface area contributed by atoms with E-state index < -0.39 is 12.1 Å². The molecule has 0 aliphatic carbocycles. The average molecular weight is 327 g/mol. The lowest BCUT2D eigenvalue weighted by Gasteiger charge is -2.15. The van der Waals surface area contributed by atoms with E-state index >= 15 is 0 Å². The number of aliphatic hydroxyl groups excluding tert-OH is 1. The van der Waals surface area contributed by atoms with Gasteiger partial charge < -0.3 is 20.7 Å². The molecule has 0 saturated heterocycles. The molecule has 3 aromatic rings. The fraction of sp³-hybridized carbons (Fsp3) is 0.200. The Labute approximate surface area is 137 Å². The first-order valence-electron chi connectivity index (χ1n) is 7.33. The van der Waals surface area contributed by atoms with Gasteiger partial charge in [-0.05, 0) is 19.1 Å². The molecule has 0 saturated carbocycles. The molecular weight excluding hydrogens is 310 g/mol. The third kappa shape index (κ3) is 3.58. The Morgan fingerprint density at radius 2 is 2.29 bits per heavy atom. The topological polar surface area (TPSA) is 132 Å². The zero-order valence-electron chi connectivity index (χ0n) is 12.9. The highest BCUT2D eigenvalue weighted by Crippen LogP contribution is 2.19. The van der Waals surface area contributed by atoms with Crippen LogP contribution < -0.4 is 10.6 Å². The van der Waals surface area contributed by atoms with Gasteiger partial charge in [0, 0.05) is 23.6 Å². The molecule has 0 aliphatic heterocycles. The van der Waals surface area contributed by atoms with Crippen LogP contribution in [0.1, 0.15) is 17.7 Å². The van der Waals surface area contributed by atoms with Gasteiger partial charge in [0.15, 0.2) is 5.82 Å². The van der Waals surface area contributed by atoms with Crippen LogP contribution in [0.25, 0.3) is 11.4 Å². The summed E-state index contributed by atoms with van der Waals surface area (Å²) < 4.78 is 0. The molecule has 2 amide bonds. The summed E-state index contributed by atoms with van der Waals surface area (Å²) in [5.74, 6) is 1.75. The van der Waals surface area contributed by atoms with E-state index in [-0.39, 0.29) is 6.61 Å². The molecule has 5 N–H and O–H groups in total. The van der Waals surface area contributed by atoms with Gasteiger partial charge in [-0.2, -0.15) is 5.10 Å². The van der Waals surface area contributed by atoms with Crippen molar-refractivity contribution >= 4 is 11.7 Å². The van der Waals surface area contributed by atoms with Gasteiger partial charge in [-0.25, -0.2) is 14.8 Å². The number of nitrogens with one attached hydrogen (secondary N) is 4. The molecule has 2 heterocycles. The Morgan fingerprint density at radius 1 is 1.42 bits per heavy atom. The van der Waals surface area contributed by atoms with Gasteiger partial charge in [0.05, 0.1) is 6.61 Å². The summed E-state index contributed by atoms with van der Waals surface area (Å²) in [7, 11) is 0. The quantitative estimate of drug-likeness (QED) is 0.483. The van der Waals surface area contributed by atoms with Gasteiger partial charge in [0.25, 0.3) is 0 Å². The lowest BCUT2D eigenvalue weighted by atomic mass is 10.2. The van der Waals surface area contributed by atoms with Crippen molar-refractivity contribution in [3.63, 3.8) is 0 Å². The van der Waals surface area contributed by atoms with Crippen LogP contribution in [0.2, 0.25) is 0 Å². The maximum absolute atomic E-state index is 12.1. The number of benzene rings is 1. The van der Waals surface area contributed by atoms with Crippen molar-refractivity contribution in [2.24, 2.45) is 0 Å². The number of hydrogen-bond acceptors (Lipinski definition) is 5.